The van der Waals surface area contributed by atoms with Crippen LogP contribution in [0.4, 0.5) is 5.82 Å². The summed E-state index contributed by atoms with van der Waals surface area (Å²) in [4.78, 5) is 22.4. The second-order valence-electron chi connectivity index (χ2n) is 3.00. The zero-order valence-electron chi connectivity index (χ0n) is 9.11. The lowest BCUT2D eigenvalue weighted by molar-refractivity contribution is -0.146. The number of aromatic amines is 1. The number of esters is 1. The van der Waals surface area contributed by atoms with Gasteiger partial charge in [-0.2, -0.15) is 5.10 Å². The van der Waals surface area contributed by atoms with E-state index >= 15 is 0 Å². The van der Waals surface area contributed by atoms with Crippen LogP contribution in [0, 0.1) is 0 Å². The SMILES string of the molecule is CCOC(=O)[C@H](NC(C)=O)Nc1ccn[nH]1. The van der Waals surface area contributed by atoms with Crippen molar-refractivity contribution in [2.24, 2.45) is 0 Å². The number of hydrogen-bond donors (Lipinski definition) is 3. The van der Waals surface area contributed by atoms with Crippen LogP contribution in [-0.2, 0) is 14.3 Å². The predicted molar refractivity (Wildman–Crippen MR) is 56.4 cm³/mol. The van der Waals surface area contributed by atoms with Gasteiger partial charge in [-0.25, -0.2) is 4.79 Å². The summed E-state index contributed by atoms with van der Waals surface area (Å²) in [6.07, 6.45) is 0.607. The summed E-state index contributed by atoms with van der Waals surface area (Å²) >= 11 is 0. The second kappa shape index (κ2) is 5.74. The van der Waals surface area contributed by atoms with Gasteiger partial charge in [0.25, 0.3) is 0 Å². The van der Waals surface area contributed by atoms with Gasteiger partial charge in [0.05, 0.1) is 12.8 Å². The summed E-state index contributed by atoms with van der Waals surface area (Å²) in [6.45, 7) is 3.26. The lowest BCUT2D eigenvalue weighted by Gasteiger charge is -2.17. The van der Waals surface area contributed by atoms with Crippen molar-refractivity contribution >= 4 is 17.7 Å². The van der Waals surface area contributed by atoms with E-state index in [-0.39, 0.29) is 12.5 Å². The summed E-state index contributed by atoms with van der Waals surface area (Å²) in [5, 5.41) is 11.5. The first-order valence-corrected chi connectivity index (χ1v) is 4.83. The van der Waals surface area contributed by atoms with Crippen molar-refractivity contribution in [2.45, 2.75) is 20.0 Å². The predicted octanol–water partition coefficient (Wildman–Crippen LogP) is -0.153. The Labute approximate surface area is 92.6 Å². The van der Waals surface area contributed by atoms with Gasteiger partial charge < -0.3 is 15.4 Å². The number of rotatable bonds is 5. The molecule has 1 atom stereocenters. The highest BCUT2D eigenvalue weighted by molar-refractivity contribution is 5.84. The quantitative estimate of drug-likeness (QED) is 0.479. The number of H-pyrrole nitrogens is 1. The number of anilines is 1. The summed E-state index contributed by atoms with van der Waals surface area (Å²) in [5.74, 6) is -0.357. The van der Waals surface area contributed by atoms with Crippen LogP contribution in [0.25, 0.3) is 0 Å². The molecular weight excluding hydrogens is 212 g/mol. The maximum absolute atomic E-state index is 11.5. The highest BCUT2D eigenvalue weighted by Crippen LogP contribution is 2.01. The summed E-state index contributed by atoms with van der Waals surface area (Å²) < 4.78 is 4.80. The van der Waals surface area contributed by atoms with Crippen LogP contribution in [0.3, 0.4) is 0 Å². The monoisotopic (exact) mass is 226 g/mol. The standard InChI is InChI=1S/C9H14N4O3/c1-3-16-9(15)8(11-6(2)14)12-7-4-5-10-13-7/h4-5,8H,3H2,1-2H3,(H,11,14)(H2,10,12,13)/t8-/m1/s1. The molecule has 0 saturated carbocycles. The van der Waals surface area contributed by atoms with Gasteiger partial charge in [-0.1, -0.05) is 0 Å². The molecule has 3 N–H and O–H groups in total. The lowest BCUT2D eigenvalue weighted by atomic mass is 10.4. The van der Waals surface area contributed by atoms with Crippen LogP contribution in [0.5, 0.6) is 0 Å². The minimum atomic E-state index is -0.919. The Morgan fingerprint density at radius 3 is 2.88 bits per heavy atom. The molecule has 1 rings (SSSR count). The van der Waals surface area contributed by atoms with E-state index in [4.69, 9.17) is 4.74 Å². The molecule has 0 radical (unpaired) electrons. The molecule has 88 valence electrons. The van der Waals surface area contributed by atoms with Gasteiger partial charge in [-0.05, 0) is 6.92 Å². The molecule has 0 aliphatic carbocycles. The van der Waals surface area contributed by atoms with E-state index in [0.29, 0.717) is 5.82 Å². The number of ether oxygens (including phenoxy) is 1. The number of aromatic nitrogens is 2. The van der Waals surface area contributed by atoms with Gasteiger partial charge in [0.15, 0.2) is 0 Å². The van der Waals surface area contributed by atoms with Gasteiger partial charge in [0.2, 0.25) is 12.1 Å². The fourth-order valence-corrected chi connectivity index (χ4v) is 1.07. The zero-order valence-corrected chi connectivity index (χ0v) is 9.11. The average molecular weight is 226 g/mol. The molecule has 1 aromatic heterocycles. The Hall–Kier alpha value is -2.05. The van der Waals surface area contributed by atoms with E-state index in [1.807, 2.05) is 0 Å². The third-order valence-corrected chi connectivity index (χ3v) is 1.67. The van der Waals surface area contributed by atoms with Crippen molar-refractivity contribution in [1.29, 1.82) is 0 Å². The van der Waals surface area contributed by atoms with Crippen molar-refractivity contribution in [3.05, 3.63) is 12.3 Å². The Morgan fingerprint density at radius 1 is 1.62 bits per heavy atom. The largest absolute Gasteiger partial charge is 0.463 e. The summed E-state index contributed by atoms with van der Waals surface area (Å²) in [7, 11) is 0. The molecule has 1 heterocycles. The molecule has 0 saturated heterocycles. The van der Waals surface area contributed by atoms with Crippen LogP contribution < -0.4 is 10.6 Å². The van der Waals surface area contributed by atoms with Gasteiger partial charge >= 0.3 is 5.97 Å². The molecule has 0 aliphatic heterocycles. The maximum Gasteiger partial charge on any atom is 0.349 e. The van der Waals surface area contributed by atoms with Crippen LogP contribution in [0.1, 0.15) is 13.8 Å². The normalized spacial score (nSPS) is 11.6. The number of amides is 1. The molecule has 0 aliphatic rings. The molecule has 1 amide bonds. The summed E-state index contributed by atoms with van der Waals surface area (Å²) in [6, 6.07) is 1.63. The molecule has 0 aromatic carbocycles. The van der Waals surface area contributed by atoms with Crippen molar-refractivity contribution in [1.82, 2.24) is 15.5 Å². The summed E-state index contributed by atoms with van der Waals surface area (Å²) in [5.41, 5.74) is 0. The number of carbonyl (C=O) groups excluding carboxylic acids is 2. The number of nitrogens with one attached hydrogen (secondary N) is 3. The highest BCUT2D eigenvalue weighted by atomic mass is 16.5. The first-order chi connectivity index (χ1) is 7.63. The number of nitrogens with zero attached hydrogens (tertiary/aromatic N) is 1. The van der Waals surface area contributed by atoms with E-state index < -0.39 is 12.1 Å². The molecular formula is C9H14N4O3. The van der Waals surface area contributed by atoms with Gasteiger partial charge in [-0.3, -0.25) is 9.89 Å². The number of carbonyl (C=O) groups is 2. The number of hydrogen-bond acceptors (Lipinski definition) is 5. The highest BCUT2D eigenvalue weighted by Gasteiger charge is 2.20. The Morgan fingerprint density at radius 2 is 2.38 bits per heavy atom. The zero-order chi connectivity index (χ0) is 12.0. The van der Waals surface area contributed by atoms with E-state index in [2.05, 4.69) is 20.8 Å². The van der Waals surface area contributed by atoms with Crippen molar-refractivity contribution in [3.63, 3.8) is 0 Å². The van der Waals surface area contributed by atoms with Crippen LogP contribution >= 0.6 is 0 Å². The second-order valence-corrected chi connectivity index (χ2v) is 3.00. The molecule has 7 heteroatoms. The Balaban J connectivity index is 2.63. The van der Waals surface area contributed by atoms with Crippen LogP contribution in [0.15, 0.2) is 12.3 Å². The third-order valence-electron chi connectivity index (χ3n) is 1.67. The van der Waals surface area contributed by atoms with E-state index in [1.165, 1.54) is 13.1 Å². The van der Waals surface area contributed by atoms with E-state index in [0.717, 1.165) is 0 Å². The molecule has 0 spiro atoms. The average Bonchev–Trinajstić information content (AvgIpc) is 2.69. The van der Waals surface area contributed by atoms with Gasteiger partial charge in [0.1, 0.15) is 5.82 Å². The first kappa shape index (κ1) is 12.0. The Kier molecular flexibility index (Phi) is 4.31. The van der Waals surface area contributed by atoms with Crippen molar-refractivity contribution in [2.75, 3.05) is 11.9 Å². The minimum Gasteiger partial charge on any atom is -0.463 e. The lowest BCUT2D eigenvalue weighted by Crippen LogP contribution is -2.46. The van der Waals surface area contributed by atoms with Gasteiger partial charge in [0, 0.05) is 13.0 Å². The van der Waals surface area contributed by atoms with Crippen molar-refractivity contribution < 1.29 is 14.3 Å². The topological polar surface area (TPSA) is 96.1 Å². The molecule has 7 nitrogen and oxygen atoms in total. The smallest absolute Gasteiger partial charge is 0.349 e. The fraction of sp³-hybridized carbons (Fsp3) is 0.444. The molecule has 0 bridgehead atoms. The van der Waals surface area contributed by atoms with E-state index in [1.54, 1.807) is 13.0 Å². The minimum absolute atomic E-state index is 0.250. The van der Waals surface area contributed by atoms with E-state index in [9.17, 15) is 9.59 Å². The maximum atomic E-state index is 11.5. The van der Waals surface area contributed by atoms with Crippen molar-refractivity contribution in [3.8, 4) is 0 Å². The first-order valence-electron chi connectivity index (χ1n) is 4.83. The molecule has 0 unspecified atom stereocenters. The van der Waals surface area contributed by atoms with Crippen LogP contribution in [-0.4, -0.2) is 34.8 Å². The third kappa shape index (κ3) is 3.60. The van der Waals surface area contributed by atoms with Crippen LogP contribution in [0.2, 0.25) is 0 Å². The molecule has 16 heavy (non-hydrogen) atoms. The Bertz CT molecular complexity index is 350. The van der Waals surface area contributed by atoms with Gasteiger partial charge in [-0.15, -0.1) is 0 Å². The molecule has 0 fully saturated rings. The fourth-order valence-electron chi connectivity index (χ4n) is 1.07. The molecule has 1 aromatic rings.